The van der Waals surface area contributed by atoms with Gasteiger partial charge in [0.2, 0.25) is 0 Å². The summed E-state index contributed by atoms with van der Waals surface area (Å²) in [6.07, 6.45) is 15.7. The Morgan fingerprint density at radius 1 is 0.733 bits per heavy atom. The summed E-state index contributed by atoms with van der Waals surface area (Å²) in [5.41, 5.74) is -6.92. The van der Waals surface area contributed by atoms with E-state index < -0.39 is 57.8 Å². The molecule has 240 valence electrons. The Hall–Kier alpha value is -4.61. The summed E-state index contributed by atoms with van der Waals surface area (Å²) in [5, 5.41) is 21.7. The van der Waals surface area contributed by atoms with E-state index in [0.29, 0.717) is 25.7 Å². The molecule has 0 aliphatic heterocycles. The zero-order valence-corrected chi connectivity index (χ0v) is 25.2. The Bertz CT molecular complexity index is 1420. The van der Waals surface area contributed by atoms with Gasteiger partial charge < -0.3 is 29.2 Å². The molecule has 0 saturated carbocycles. The minimum absolute atomic E-state index is 0.311. The summed E-state index contributed by atoms with van der Waals surface area (Å²) in [7, 11) is 0. The fourth-order valence-electron chi connectivity index (χ4n) is 4.50. The molecule has 1 aromatic rings. The third kappa shape index (κ3) is 8.52. The Labute approximate surface area is 260 Å². The van der Waals surface area contributed by atoms with Crippen LogP contribution in [0.3, 0.4) is 0 Å². The van der Waals surface area contributed by atoms with Crippen molar-refractivity contribution in [2.45, 2.75) is 74.8 Å². The van der Waals surface area contributed by atoms with Crippen molar-refractivity contribution in [3.05, 3.63) is 97.9 Å². The summed E-state index contributed by atoms with van der Waals surface area (Å²) in [6, 6.07) is 2.90. The molecular formula is C34H37FO10. The monoisotopic (exact) mass is 624 g/mol. The van der Waals surface area contributed by atoms with E-state index in [-0.39, 0.29) is 5.75 Å². The molecule has 1 aromatic carbocycles. The van der Waals surface area contributed by atoms with Gasteiger partial charge in [-0.25, -0.2) is 23.6 Å². The molecule has 0 amide bonds. The quantitative estimate of drug-likeness (QED) is 0.130. The largest absolute Gasteiger partial charge is 0.447 e. The number of carbonyl (C=O) groups is 4. The lowest BCUT2D eigenvalue weighted by atomic mass is 9.86. The van der Waals surface area contributed by atoms with E-state index in [1.165, 1.54) is 24.3 Å². The van der Waals surface area contributed by atoms with Gasteiger partial charge in [0.25, 0.3) is 0 Å². The van der Waals surface area contributed by atoms with E-state index in [1.807, 2.05) is 13.8 Å². The standard InChI is InChI=1S/C34H37FO10/c1-5-9-13-31(44-27(36)7-3)15-19-33(40,20-16-31)29(38)42-24-11-12-26(25(35)23-24)43-30(39)34(41)21-17-32(18-22-34,14-10-6-2)45-28(37)8-4/h7-8,11-12,15-23,40-41H,3-6,9-10,13-14H2,1-2H3. The fourth-order valence-corrected chi connectivity index (χ4v) is 4.50. The highest BCUT2D eigenvalue weighted by molar-refractivity contribution is 5.88. The maximum atomic E-state index is 14.9. The lowest BCUT2D eigenvalue weighted by molar-refractivity contribution is -0.149. The van der Waals surface area contributed by atoms with Crippen molar-refractivity contribution in [3.63, 3.8) is 0 Å². The highest BCUT2D eigenvalue weighted by atomic mass is 19.1. The van der Waals surface area contributed by atoms with Crippen molar-refractivity contribution in [2.24, 2.45) is 0 Å². The molecular weight excluding hydrogens is 587 g/mol. The number of unbranched alkanes of at least 4 members (excludes halogenated alkanes) is 2. The van der Waals surface area contributed by atoms with Crippen LogP contribution in [0.4, 0.5) is 4.39 Å². The first-order chi connectivity index (χ1) is 21.3. The molecule has 3 rings (SSSR count). The van der Waals surface area contributed by atoms with E-state index >= 15 is 0 Å². The second-order valence-corrected chi connectivity index (χ2v) is 10.7. The Morgan fingerprint density at radius 3 is 1.53 bits per heavy atom. The van der Waals surface area contributed by atoms with Crippen molar-refractivity contribution in [3.8, 4) is 11.5 Å². The summed E-state index contributed by atoms with van der Waals surface area (Å²) in [6.45, 7) is 10.7. The number of hydrogen-bond acceptors (Lipinski definition) is 10. The molecule has 0 heterocycles. The van der Waals surface area contributed by atoms with Crippen molar-refractivity contribution in [1.29, 1.82) is 0 Å². The average molecular weight is 625 g/mol. The minimum Gasteiger partial charge on any atom is -0.447 e. The molecule has 0 unspecified atom stereocenters. The predicted molar refractivity (Wildman–Crippen MR) is 161 cm³/mol. The van der Waals surface area contributed by atoms with Crippen LogP contribution in [0.15, 0.2) is 92.1 Å². The Kier molecular flexibility index (Phi) is 11.2. The third-order valence-corrected chi connectivity index (χ3v) is 7.21. The molecule has 0 spiro atoms. The van der Waals surface area contributed by atoms with Crippen LogP contribution in [-0.4, -0.2) is 56.5 Å². The number of ether oxygens (including phenoxy) is 4. The smallest absolute Gasteiger partial charge is 0.351 e. The molecule has 0 atom stereocenters. The van der Waals surface area contributed by atoms with Crippen LogP contribution in [0.2, 0.25) is 0 Å². The number of benzene rings is 1. The van der Waals surface area contributed by atoms with Crippen LogP contribution in [0, 0.1) is 5.82 Å². The molecule has 2 aliphatic rings. The summed E-state index contributed by atoms with van der Waals surface area (Å²) < 4.78 is 36.0. The van der Waals surface area contributed by atoms with Gasteiger partial charge in [-0.2, -0.15) is 0 Å². The zero-order valence-electron chi connectivity index (χ0n) is 25.2. The first-order valence-corrected chi connectivity index (χ1v) is 14.5. The number of esters is 4. The number of rotatable bonds is 14. The van der Waals surface area contributed by atoms with Crippen molar-refractivity contribution in [1.82, 2.24) is 0 Å². The molecule has 0 saturated heterocycles. The Balaban J connectivity index is 1.70. The molecule has 0 bridgehead atoms. The lowest BCUT2D eigenvalue weighted by Crippen LogP contribution is -2.43. The molecule has 0 aromatic heterocycles. The van der Waals surface area contributed by atoms with Gasteiger partial charge in [-0.15, -0.1) is 0 Å². The van der Waals surface area contributed by atoms with Crippen molar-refractivity contribution >= 4 is 23.9 Å². The van der Waals surface area contributed by atoms with E-state index in [2.05, 4.69) is 13.2 Å². The SMILES string of the molecule is C=CC(=O)OC1(CCCC)C=CC(O)(C(=O)Oc2ccc(OC(=O)C3(O)C=CC(CCCC)(OC(=O)C=C)C=C3)c(F)c2)C=C1. The summed E-state index contributed by atoms with van der Waals surface area (Å²) >= 11 is 0. The van der Waals surface area contributed by atoms with E-state index in [1.54, 1.807) is 0 Å². The maximum absolute atomic E-state index is 14.9. The van der Waals surface area contributed by atoms with E-state index in [0.717, 1.165) is 67.5 Å². The molecule has 11 heteroatoms. The van der Waals surface area contributed by atoms with Gasteiger partial charge in [0.05, 0.1) is 0 Å². The lowest BCUT2D eigenvalue weighted by Gasteiger charge is -2.32. The third-order valence-electron chi connectivity index (χ3n) is 7.21. The normalized spacial score (nSPS) is 26.5. The molecule has 10 nitrogen and oxygen atoms in total. The first kappa shape index (κ1) is 34.9. The van der Waals surface area contributed by atoms with Gasteiger partial charge in [-0.05, 0) is 86.4 Å². The number of halogens is 1. The van der Waals surface area contributed by atoms with Crippen LogP contribution in [0.5, 0.6) is 11.5 Å². The van der Waals surface area contributed by atoms with Crippen LogP contribution in [0.25, 0.3) is 0 Å². The van der Waals surface area contributed by atoms with Crippen molar-refractivity contribution in [2.75, 3.05) is 0 Å². The summed E-state index contributed by atoms with van der Waals surface area (Å²) in [5.74, 6) is -5.77. The zero-order chi connectivity index (χ0) is 33.3. The average Bonchev–Trinajstić information content (AvgIpc) is 3.03. The van der Waals surface area contributed by atoms with Crippen molar-refractivity contribution < 1.29 is 52.7 Å². The van der Waals surface area contributed by atoms with Gasteiger partial charge in [0.1, 0.15) is 17.0 Å². The van der Waals surface area contributed by atoms with Gasteiger partial charge >= 0.3 is 23.9 Å². The van der Waals surface area contributed by atoms with Gasteiger partial charge in [-0.3, -0.25) is 0 Å². The summed E-state index contributed by atoms with van der Waals surface area (Å²) in [4.78, 5) is 49.4. The fraction of sp³-hybridized carbons (Fsp3) is 0.353. The first-order valence-electron chi connectivity index (χ1n) is 14.5. The van der Waals surface area contributed by atoms with Crippen LogP contribution in [0.1, 0.15) is 52.4 Å². The minimum atomic E-state index is -2.29. The van der Waals surface area contributed by atoms with Crippen LogP contribution in [-0.2, 0) is 28.7 Å². The van der Waals surface area contributed by atoms with Gasteiger partial charge in [0, 0.05) is 18.2 Å². The van der Waals surface area contributed by atoms with Crippen LogP contribution < -0.4 is 9.47 Å². The maximum Gasteiger partial charge on any atom is 0.351 e. The molecule has 0 radical (unpaired) electrons. The Morgan fingerprint density at radius 2 is 1.16 bits per heavy atom. The highest BCUT2D eigenvalue weighted by Crippen LogP contribution is 2.34. The molecule has 2 aliphatic carbocycles. The predicted octanol–water partition coefficient (Wildman–Crippen LogP) is 4.67. The van der Waals surface area contributed by atoms with Gasteiger partial charge in [0.15, 0.2) is 22.8 Å². The topological polar surface area (TPSA) is 146 Å². The highest BCUT2D eigenvalue weighted by Gasteiger charge is 2.42. The second-order valence-electron chi connectivity index (χ2n) is 10.7. The van der Waals surface area contributed by atoms with E-state index in [4.69, 9.17) is 18.9 Å². The number of aliphatic hydroxyl groups is 2. The van der Waals surface area contributed by atoms with E-state index in [9.17, 15) is 33.8 Å². The van der Waals surface area contributed by atoms with Crippen LogP contribution >= 0.6 is 0 Å². The second kappa shape index (κ2) is 14.4. The molecule has 2 N–H and O–H groups in total. The number of hydrogen-bond donors (Lipinski definition) is 2. The number of carbonyl (C=O) groups excluding carboxylic acids is 4. The molecule has 0 fully saturated rings. The molecule has 45 heavy (non-hydrogen) atoms. The van der Waals surface area contributed by atoms with Gasteiger partial charge in [-0.1, -0.05) is 39.8 Å².